The molecule has 4 nitrogen and oxygen atoms in total. The van der Waals surface area contributed by atoms with Gasteiger partial charge in [-0.1, -0.05) is 133 Å². The van der Waals surface area contributed by atoms with Crippen LogP contribution in [0.3, 0.4) is 0 Å². The van der Waals surface area contributed by atoms with Crippen molar-refractivity contribution in [1.82, 2.24) is 5.09 Å². The van der Waals surface area contributed by atoms with E-state index in [1.54, 1.807) is 0 Å². The van der Waals surface area contributed by atoms with Gasteiger partial charge in [-0.3, -0.25) is 0 Å². The van der Waals surface area contributed by atoms with E-state index in [0.29, 0.717) is 6.42 Å². The van der Waals surface area contributed by atoms with Gasteiger partial charge in [0.05, 0.1) is 12.1 Å². The summed E-state index contributed by atoms with van der Waals surface area (Å²) in [6, 6.07) is -0.491. The van der Waals surface area contributed by atoms with E-state index >= 15 is 0 Å². The van der Waals surface area contributed by atoms with E-state index in [4.69, 9.17) is 0 Å². The minimum absolute atomic E-state index is 0.491. The summed E-state index contributed by atoms with van der Waals surface area (Å²) in [5, 5.41) is 12.8. The zero-order valence-electron chi connectivity index (χ0n) is 19.2. The number of hydrogen-bond donors (Lipinski definition) is 2. The predicted octanol–water partition coefficient (Wildman–Crippen LogP) is 6.94. The Hall–Kier alpha value is -0.280. The molecule has 29 heavy (non-hydrogen) atoms. The first-order valence-corrected chi connectivity index (χ1v) is 13.5. The molecule has 0 saturated heterocycles. The van der Waals surface area contributed by atoms with Gasteiger partial charge in [0, 0.05) is 0 Å². The number of allylic oxidation sites excluding steroid dienone is 1. The van der Waals surface area contributed by atoms with E-state index in [1.165, 1.54) is 77.0 Å². The molecule has 0 aliphatic rings. The fourth-order valence-electron chi connectivity index (χ4n) is 3.67. The zero-order chi connectivity index (χ0) is 21.6. The van der Waals surface area contributed by atoms with E-state index in [9.17, 15) is 14.6 Å². The molecular weight excluding hydrogens is 381 g/mol. The van der Waals surface area contributed by atoms with E-state index in [1.807, 2.05) is 12.2 Å². The second-order valence-electron chi connectivity index (χ2n) is 8.43. The molecule has 0 aromatic rings. The van der Waals surface area contributed by atoms with Crippen molar-refractivity contribution >= 4 is 8.18 Å². The van der Waals surface area contributed by atoms with Gasteiger partial charge in [0.15, 0.2) is 0 Å². The van der Waals surface area contributed by atoms with Crippen molar-refractivity contribution in [1.29, 1.82) is 0 Å². The molecule has 0 amide bonds. The van der Waals surface area contributed by atoms with Crippen LogP contribution in [0.15, 0.2) is 12.2 Å². The average Bonchev–Trinajstić information content (AvgIpc) is 2.70. The molecule has 0 bridgehead atoms. The maximum absolute atomic E-state index is 11.0. The van der Waals surface area contributed by atoms with Crippen LogP contribution in [-0.4, -0.2) is 17.3 Å². The molecule has 0 heterocycles. The van der Waals surface area contributed by atoms with Crippen molar-refractivity contribution in [3.05, 3.63) is 12.2 Å². The van der Waals surface area contributed by atoms with E-state index in [-0.39, 0.29) is 0 Å². The summed E-state index contributed by atoms with van der Waals surface area (Å²) in [6.45, 7) is 4.39. The first-order chi connectivity index (χ1) is 14.1. The van der Waals surface area contributed by atoms with Crippen molar-refractivity contribution in [2.45, 2.75) is 142 Å². The van der Waals surface area contributed by atoms with Crippen LogP contribution in [0.4, 0.5) is 0 Å². The van der Waals surface area contributed by atoms with Crippen LogP contribution in [0.2, 0.25) is 0 Å². The Kier molecular flexibility index (Phi) is 22.2. The number of rotatable bonds is 22. The van der Waals surface area contributed by atoms with Crippen molar-refractivity contribution in [3.8, 4) is 0 Å². The molecule has 0 fully saturated rings. The van der Waals surface area contributed by atoms with Crippen molar-refractivity contribution in [2.75, 3.05) is 0 Å². The molecule has 0 spiro atoms. The zero-order valence-corrected chi connectivity index (χ0v) is 20.1. The van der Waals surface area contributed by atoms with Crippen molar-refractivity contribution in [3.63, 3.8) is 0 Å². The minimum Gasteiger partial charge on any atom is -0.578 e. The topological polar surface area (TPSA) is 72.4 Å². The van der Waals surface area contributed by atoms with Gasteiger partial charge in [-0.25, -0.2) is 0 Å². The van der Waals surface area contributed by atoms with Crippen LogP contribution >= 0.6 is 8.18 Å². The Balaban J connectivity index is 3.63. The fraction of sp³-hybridized carbons (Fsp3) is 0.917. The lowest BCUT2D eigenvalue weighted by Crippen LogP contribution is -2.35. The third-order valence-electron chi connectivity index (χ3n) is 5.59. The van der Waals surface area contributed by atoms with E-state index in [0.717, 1.165) is 32.1 Å². The van der Waals surface area contributed by atoms with Gasteiger partial charge in [-0.15, -0.1) is 5.09 Å². The standard InChI is InChI=1S/C24H48NO3P/c1-3-5-7-9-10-11-12-13-14-15-16-17-18-20-22-24(26)23(25-29(27)28)21-19-8-6-4-2/h19,21,23-24,26H,3-18,20,22H2,1-2H3,(H,25,27,28)/b21-19+/t23-,24-/m1/s1. The molecule has 2 N–H and O–H groups in total. The maximum atomic E-state index is 11.0. The van der Waals surface area contributed by atoms with Crippen molar-refractivity contribution in [2.24, 2.45) is 0 Å². The normalized spacial score (nSPS) is 14.4. The highest BCUT2D eigenvalue weighted by Crippen LogP contribution is 2.16. The lowest BCUT2D eigenvalue weighted by Gasteiger charge is -2.17. The summed E-state index contributed by atoms with van der Waals surface area (Å²) < 4.78 is 11.0. The molecule has 1 unspecified atom stereocenters. The fourth-order valence-corrected chi connectivity index (χ4v) is 4.17. The van der Waals surface area contributed by atoms with Gasteiger partial charge in [0.25, 0.3) is 0 Å². The van der Waals surface area contributed by atoms with Gasteiger partial charge < -0.3 is 10.00 Å². The number of hydrogen-bond acceptors (Lipinski definition) is 3. The SMILES string of the molecule is CCCC/C=C/[C@@H](N[P+](=O)[O-])[C@H](O)CCCCCCCCCCCCCCCC. The van der Waals surface area contributed by atoms with Crippen LogP contribution in [0.1, 0.15) is 129 Å². The second kappa shape index (κ2) is 22.4. The number of aliphatic hydroxyl groups is 1. The minimum atomic E-state index is -2.70. The van der Waals surface area contributed by atoms with E-state index < -0.39 is 20.3 Å². The monoisotopic (exact) mass is 429 g/mol. The molecular formula is C24H48NO3P. The predicted molar refractivity (Wildman–Crippen MR) is 124 cm³/mol. The highest BCUT2D eigenvalue weighted by molar-refractivity contribution is 7.34. The van der Waals surface area contributed by atoms with Crippen LogP contribution in [0, 0.1) is 0 Å². The molecule has 172 valence electrons. The summed E-state index contributed by atoms with van der Waals surface area (Å²) in [5.41, 5.74) is 0. The van der Waals surface area contributed by atoms with Crippen LogP contribution < -0.4 is 9.98 Å². The van der Waals surface area contributed by atoms with Gasteiger partial charge in [-0.2, -0.15) is 0 Å². The summed E-state index contributed by atoms with van der Waals surface area (Å²) in [7, 11) is -2.70. The summed E-state index contributed by atoms with van der Waals surface area (Å²) in [6.07, 6.45) is 25.3. The Morgan fingerprint density at radius 3 is 1.69 bits per heavy atom. The summed E-state index contributed by atoms with van der Waals surface area (Å²) >= 11 is 0. The maximum Gasteiger partial charge on any atom is 0.408 e. The summed E-state index contributed by atoms with van der Waals surface area (Å²) in [4.78, 5) is 11.0. The largest absolute Gasteiger partial charge is 0.578 e. The highest BCUT2D eigenvalue weighted by atomic mass is 31.1. The highest BCUT2D eigenvalue weighted by Gasteiger charge is 2.20. The van der Waals surface area contributed by atoms with Gasteiger partial charge in [0.1, 0.15) is 0 Å². The molecule has 0 aliphatic heterocycles. The average molecular weight is 430 g/mol. The van der Waals surface area contributed by atoms with Crippen LogP contribution in [-0.2, 0) is 4.57 Å². The number of aliphatic hydroxyl groups excluding tert-OH is 1. The molecule has 0 rings (SSSR count). The number of nitrogens with one attached hydrogen (secondary N) is 1. The molecule has 0 saturated carbocycles. The first-order valence-electron chi connectivity index (χ1n) is 12.4. The van der Waals surface area contributed by atoms with Crippen molar-refractivity contribution < 1.29 is 14.6 Å². The molecule has 5 heteroatoms. The first kappa shape index (κ1) is 28.7. The van der Waals surface area contributed by atoms with Gasteiger partial charge in [-0.05, 0) is 12.8 Å². The van der Waals surface area contributed by atoms with Gasteiger partial charge in [0.2, 0.25) is 0 Å². The number of unbranched alkanes of at least 4 members (excludes halogenated alkanes) is 15. The van der Waals surface area contributed by atoms with Gasteiger partial charge >= 0.3 is 8.18 Å². The lowest BCUT2D eigenvalue weighted by molar-refractivity contribution is -0.168. The van der Waals surface area contributed by atoms with Crippen LogP contribution in [0.25, 0.3) is 0 Å². The Bertz CT molecular complexity index is 390. The lowest BCUT2D eigenvalue weighted by atomic mass is 10.0. The van der Waals surface area contributed by atoms with Crippen LogP contribution in [0.5, 0.6) is 0 Å². The van der Waals surface area contributed by atoms with E-state index in [2.05, 4.69) is 18.9 Å². The third-order valence-corrected chi connectivity index (χ3v) is 6.10. The summed E-state index contributed by atoms with van der Waals surface area (Å²) in [5.74, 6) is 0. The molecule has 0 aliphatic carbocycles. The quantitative estimate of drug-likeness (QED) is 0.111. The molecule has 0 aromatic heterocycles. The Labute approximate surface area is 181 Å². The molecule has 3 atom stereocenters. The Morgan fingerprint density at radius 1 is 0.793 bits per heavy atom. The molecule has 0 aromatic carbocycles. The Morgan fingerprint density at radius 2 is 1.24 bits per heavy atom. The smallest absolute Gasteiger partial charge is 0.408 e. The second-order valence-corrected chi connectivity index (χ2v) is 9.21. The molecule has 0 radical (unpaired) electrons. The third kappa shape index (κ3) is 20.8.